The topological polar surface area (TPSA) is 84.9 Å². The molecule has 0 spiro atoms. The highest BCUT2D eigenvalue weighted by atomic mass is 19.4. The minimum absolute atomic E-state index is 0.0000263. The molecule has 9 heteroatoms. The van der Waals surface area contributed by atoms with Gasteiger partial charge in [0.1, 0.15) is 11.4 Å². The van der Waals surface area contributed by atoms with Gasteiger partial charge in [-0.25, -0.2) is 0 Å². The smallest absolute Gasteiger partial charge is 0.422 e. The van der Waals surface area contributed by atoms with E-state index in [0.717, 1.165) is 0 Å². The van der Waals surface area contributed by atoms with Crippen LogP contribution in [0.25, 0.3) is 0 Å². The van der Waals surface area contributed by atoms with E-state index >= 15 is 0 Å². The Kier molecular flexibility index (Phi) is 3.71. The SMILES string of the molecule is O=C(O)C12COC(C(=O)Nc3ccc(OCC(F)(F)F)cc3)(C1)C2. The van der Waals surface area contributed by atoms with Gasteiger partial charge in [-0.1, -0.05) is 0 Å². The first-order valence-electron chi connectivity index (χ1n) is 7.13. The van der Waals surface area contributed by atoms with Gasteiger partial charge in [0.2, 0.25) is 0 Å². The number of benzene rings is 1. The number of carboxylic acids is 1. The molecule has 1 aromatic rings. The Balaban J connectivity index is 1.57. The highest BCUT2D eigenvalue weighted by molar-refractivity contribution is 6.00. The van der Waals surface area contributed by atoms with Gasteiger partial charge >= 0.3 is 12.1 Å². The first-order chi connectivity index (χ1) is 11.1. The molecule has 0 atom stereocenters. The maximum absolute atomic E-state index is 12.3. The number of aliphatic carboxylic acids is 1. The normalized spacial score (nSPS) is 28.1. The number of halogens is 3. The van der Waals surface area contributed by atoms with Gasteiger partial charge in [-0.3, -0.25) is 9.59 Å². The molecule has 2 heterocycles. The zero-order chi connectivity index (χ0) is 17.6. The fourth-order valence-electron chi connectivity index (χ4n) is 3.01. The van der Waals surface area contributed by atoms with Crippen molar-refractivity contribution >= 4 is 17.6 Å². The number of alkyl halides is 3. The minimum atomic E-state index is -4.42. The third-order valence-corrected chi connectivity index (χ3v) is 4.25. The molecular weight excluding hydrogens is 331 g/mol. The number of ether oxygens (including phenoxy) is 2. The Morgan fingerprint density at radius 1 is 1.25 bits per heavy atom. The molecule has 4 rings (SSSR count). The first kappa shape index (κ1) is 16.6. The van der Waals surface area contributed by atoms with E-state index in [9.17, 15) is 22.8 Å². The number of rotatable bonds is 5. The Bertz CT molecular complexity index is 665. The van der Waals surface area contributed by atoms with Crippen LogP contribution in [0, 0.1) is 5.41 Å². The number of carboxylic acid groups (broad SMARTS) is 1. The van der Waals surface area contributed by atoms with Crippen molar-refractivity contribution in [2.24, 2.45) is 5.41 Å². The van der Waals surface area contributed by atoms with Crippen molar-refractivity contribution in [2.75, 3.05) is 18.5 Å². The lowest BCUT2D eigenvalue weighted by Gasteiger charge is -2.40. The van der Waals surface area contributed by atoms with E-state index in [1.54, 1.807) is 0 Å². The molecular formula is C15H14F3NO5. The van der Waals surface area contributed by atoms with Crippen LogP contribution in [-0.4, -0.2) is 42.0 Å². The second-order valence-electron chi connectivity index (χ2n) is 6.10. The predicted molar refractivity (Wildman–Crippen MR) is 74.6 cm³/mol. The summed E-state index contributed by atoms with van der Waals surface area (Å²) in [6.07, 6.45) is -4.19. The first-order valence-corrected chi connectivity index (χ1v) is 7.13. The summed E-state index contributed by atoms with van der Waals surface area (Å²) >= 11 is 0. The number of amides is 1. The molecule has 2 saturated heterocycles. The van der Waals surface area contributed by atoms with Crippen molar-refractivity contribution in [1.29, 1.82) is 0 Å². The van der Waals surface area contributed by atoms with Crippen molar-refractivity contribution in [3.05, 3.63) is 24.3 Å². The number of hydrogen-bond donors (Lipinski definition) is 2. The number of hydrogen-bond acceptors (Lipinski definition) is 4. The fraction of sp³-hybridized carbons (Fsp3) is 0.467. The maximum atomic E-state index is 12.3. The third kappa shape index (κ3) is 2.91. The average Bonchev–Trinajstić information content (AvgIpc) is 3.03. The van der Waals surface area contributed by atoms with Gasteiger partial charge in [0.25, 0.3) is 5.91 Å². The van der Waals surface area contributed by atoms with Crippen LogP contribution in [-0.2, 0) is 14.3 Å². The summed E-state index contributed by atoms with van der Waals surface area (Å²) in [6, 6.07) is 5.41. The Morgan fingerprint density at radius 3 is 2.38 bits per heavy atom. The molecule has 3 fully saturated rings. The van der Waals surface area contributed by atoms with E-state index in [1.165, 1.54) is 24.3 Å². The lowest BCUT2D eigenvalue weighted by atomic mass is 9.62. The maximum Gasteiger partial charge on any atom is 0.422 e. The van der Waals surface area contributed by atoms with E-state index in [2.05, 4.69) is 10.1 Å². The molecule has 1 aromatic carbocycles. The number of anilines is 1. The molecule has 2 aliphatic heterocycles. The van der Waals surface area contributed by atoms with Crippen LogP contribution in [0.15, 0.2) is 24.3 Å². The lowest BCUT2D eigenvalue weighted by Crippen LogP contribution is -2.55. The van der Waals surface area contributed by atoms with Gasteiger partial charge in [-0.15, -0.1) is 0 Å². The number of nitrogens with one attached hydrogen (secondary N) is 1. The molecule has 0 aromatic heterocycles. The average molecular weight is 345 g/mol. The van der Waals surface area contributed by atoms with Gasteiger partial charge in [-0.2, -0.15) is 13.2 Å². The van der Waals surface area contributed by atoms with Gasteiger partial charge in [-0.05, 0) is 24.3 Å². The van der Waals surface area contributed by atoms with E-state index < -0.39 is 35.7 Å². The quantitative estimate of drug-likeness (QED) is 0.855. The van der Waals surface area contributed by atoms with Gasteiger partial charge in [0.05, 0.1) is 12.0 Å². The van der Waals surface area contributed by atoms with Crippen LogP contribution >= 0.6 is 0 Å². The van der Waals surface area contributed by atoms with Gasteiger partial charge < -0.3 is 19.9 Å². The van der Waals surface area contributed by atoms with Gasteiger partial charge in [0.15, 0.2) is 6.61 Å². The monoisotopic (exact) mass is 345 g/mol. The third-order valence-electron chi connectivity index (χ3n) is 4.25. The molecule has 130 valence electrons. The number of fused-ring (bicyclic) bond motifs is 1. The Hall–Kier alpha value is -2.29. The Labute approximate surface area is 134 Å². The summed E-state index contributed by atoms with van der Waals surface area (Å²) in [7, 11) is 0. The summed E-state index contributed by atoms with van der Waals surface area (Å²) in [5.74, 6) is -1.41. The molecule has 2 bridgehead atoms. The number of carbonyl (C=O) groups is 2. The molecule has 1 aliphatic carbocycles. The van der Waals surface area contributed by atoms with Crippen molar-refractivity contribution in [3.8, 4) is 5.75 Å². The number of carbonyl (C=O) groups excluding carboxylic acids is 1. The highest BCUT2D eigenvalue weighted by Crippen LogP contribution is 2.58. The zero-order valence-corrected chi connectivity index (χ0v) is 12.4. The molecule has 0 radical (unpaired) electrons. The second kappa shape index (κ2) is 5.37. The van der Waals surface area contributed by atoms with Crippen LogP contribution in [0.5, 0.6) is 5.75 Å². The second-order valence-corrected chi connectivity index (χ2v) is 6.10. The molecule has 1 saturated carbocycles. The van der Waals surface area contributed by atoms with Crippen molar-refractivity contribution in [1.82, 2.24) is 0 Å². The van der Waals surface area contributed by atoms with Crippen LogP contribution in [0.3, 0.4) is 0 Å². The van der Waals surface area contributed by atoms with E-state index in [4.69, 9.17) is 9.84 Å². The van der Waals surface area contributed by atoms with Crippen molar-refractivity contribution in [3.63, 3.8) is 0 Å². The van der Waals surface area contributed by atoms with E-state index in [0.29, 0.717) is 5.69 Å². The molecule has 24 heavy (non-hydrogen) atoms. The minimum Gasteiger partial charge on any atom is -0.484 e. The van der Waals surface area contributed by atoms with Crippen LogP contribution in [0.2, 0.25) is 0 Å². The summed E-state index contributed by atoms with van der Waals surface area (Å²) < 4.78 is 46.1. The molecule has 6 nitrogen and oxygen atoms in total. The fourth-order valence-corrected chi connectivity index (χ4v) is 3.01. The van der Waals surface area contributed by atoms with Crippen LogP contribution < -0.4 is 10.1 Å². The van der Waals surface area contributed by atoms with E-state index in [1.807, 2.05) is 0 Å². The lowest BCUT2D eigenvalue weighted by molar-refractivity contribution is -0.157. The molecule has 3 aliphatic rings. The summed E-state index contributed by atoms with van der Waals surface area (Å²) in [5.41, 5.74) is -1.76. The molecule has 0 unspecified atom stereocenters. The Morgan fingerprint density at radius 2 is 1.88 bits per heavy atom. The summed E-state index contributed by atoms with van der Waals surface area (Å²) in [5, 5.41) is 11.7. The van der Waals surface area contributed by atoms with Crippen molar-refractivity contribution < 1.29 is 37.3 Å². The van der Waals surface area contributed by atoms with Crippen LogP contribution in [0.4, 0.5) is 18.9 Å². The van der Waals surface area contributed by atoms with Crippen molar-refractivity contribution in [2.45, 2.75) is 24.6 Å². The van der Waals surface area contributed by atoms with E-state index in [-0.39, 0.29) is 25.2 Å². The zero-order valence-electron chi connectivity index (χ0n) is 12.4. The largest absolute Gasteiger partial charge is 0.484 e. The standard InChI is InChI=1S/C15H14F3NO5/c16-15(17,18)8-23-10-3-1-9(2-4-10)19-11(20)14-5-13(6-14,7-24-14)12(21)22/h1-4H,5-8H2,(H,19,20)(H,21,22). The predicted octanol–water partition coefficient (Wildman–Crippen LogP) is 2.20. The van der Waals surface area contributed by atoms with Crippen LogP contribution in [0.1, 0.15) is 12.8 Å². The van der Waals surface area contributed by atoms with Gasteiger partial charge in [0, 0.05) is 18.5 Å². The summed E-state index contributed by atoms with van der Waals surface area (Å²) in [4.78, 5) is 23.4. The molecule has 1 amide bonds. The highest BCUT2D eigenvalue weighted by Gasteiger charge is 2.70. The summed E-state index contributed by atoms with van der Waals surface area (Å²) in [6.45, 7) is -1.40. The molecule has 2 N–H and O–H groups in total.